The summed E-state index contributed by atoms with van der Waals surface area (Å²) in [6, 6.07) is 10.4. The number of carbonyl (C=O) groups is 3. The van der Waals surface area contributed by atoms with Gasteiger partial charge in [-0.05, 0) is 50.0 Å². The molecule has 0 atom stereocenters. The second-order valence-corrected chi connectivity index (χ2v) is 9.12. The van der Waals surface area contributed by atoms with Crippen LogP contribution >= 0.6 is 0 Å². The van der Waals surface area contributed by atoms with Crippen LogP contribution in [0.25, 0.3) is 5.69 Å². The topological polar surface area (TPSA) is 169 Å². The highest BCUT2D eigenvalue weighted by Gasteiger charge is 2.40. The molecule has 2 heterocycles. The van der Waals surface area contributed by atoms with E-state index in [0.29, 0.717) is 0 Å². The number of pyridine rings is 1. The van der Waals surface area contributed by atoms with Gasteiger partial charge in [-0.25, -0.2) is 13.9 Å². The summed E-state index contributed by atoms with van der Waals surface area (Å²) in [6.45, 7) is 3.56. The molecule has 1 aromatic carbocycles. The Morgan fingerprint density at radius 2 is 1.54 bits per heavy atom. The molecular weight excluding hydrogens is 513 g/mol. The number of rotatable bonds is 13. The van der Waals surface area contributed by atoms with Gasteiger partial charge >= 0.3 is 17.9 Å². The van der Waals surface area contributed by atoms with E-state index in [1.807, 2.05) is 24.7 Å². The third-order valence-electron chi connectivity index (χ3n) is 5.41. The summed E-state index contributed by atoms with van der Waals surface area (Å²) >= 11 is 0. The molecular formula is C26H32FN5O7. The van der Waals surface area contributed by atoms with E-state index < -0.39 is 36.4 Å². The van der Waals surface area contributed by atoms with Gasteiger partial charge in [0.05, 0.1) is 24.7 Å². The molecule has 12 nitrogen and oxygen atoms in total. The third kappa shape index (κ3) is 11.0. The standard InChI is InChI=1S/C20H24FN5.C6H8O7/c1-24(2)10-11-25(14-17-4-3-9-22-12-17)15-18-13-23-26(16-18)20-7-5-19(21)6-8-20;7-3(8)1-6(13,5(11)12)2-4(9)10/h3-9,12-13,16H,10-11,14-15H2,1-2H3;13H,1-2H2,(H,7,8)(H,9,10)(H,11,12). The zero-order chi connectivity index (χ0) is 29.0. The Morgan fingerprint density at radius 1 is 0.923 bits per heavy atom. The van der Waals surface area contributed by atoms with Crippen molar-refractivity contribution in [3.63, 3.8) is 0 Å². The van der Waals surface area contributed by atoms with Crippen LogP contribution in [0.3, 0.4) is 0 Å². The van der Waals surface area contributed by atoms with Crippen LogP contribution in [0.1, 0.15) is 24.0 Å². The molecule has 3 rings (SSSR count). The molecule has 0 aliphatic carbocycles. The van der Waals surface area contributed by atoms with Crippen LogP contribution in [-0.2, 0) is 27.5 Å². The largest absolute Gasteiger partial charge is 0.481 e. The lowest BCUT2D eigenvalue weighted by atomic mass is 9.96. The number of aliphatic carboxylic acids is 3. The van der Waals surface area contributed by atoms with E-state index in [9.17, 15) is 18.8 Å². The molecule has 2 aromatic heterocycles. The first-order valence-electron chi connectivity index (χ1n) is 11.8. The Hall–Kier alpha value is -4.20. The number of carboxylic acid groups (broad SMARTS) is 3. The van der Waals surface area contributed by atoms with Crippen molar-refractivity contribution in [1.82, 2.24) is 24.6 Å². The van der Waals surface area contributed by atoms with E-state index in [4.69, 9.17) is 20.4 Å². The molecule has 0 bridgehead atoms. The SMILES string of the molecule is CN(C)CCN(Cc1cccnc1)Cc1cnn(-c2ccc(F)cc2)c1.O=C(O)CC(O)(CC(=O)O)C(=O)O. The van der Waals surface area contributed by atoms with Gasteiger partial charge in [-0.3, -0.25) is 19.5 Å². The van der Waals surface area contributed by atoms with Crippen molar-refractivity contribution in [3.05, 3.63) is 78.1 Å². The van der Waals surface area contributed by atoms with Crippen LogP contribution in [0.15, 0.2) is 61.2 Å². The van der Waals surface area contributed by atoms with Gasteiger partial charge in [0, 0.05) is 50.3 Å². The first-order chi connectivity index (χ1) is 18.4. The highest BCUT2D eigenvalue weighted by molar-refractivity contribution is 5.88. The molecule has 0 amide bonds. The smallest absolute Gasteiger partial charge is 0.336 e. The predicted octanol–water partition coefficient (Wildman–Crippen LogP) is 1.72. The second-order valence-electron chi connectivity index (χ2n) is 9.12. The van der Waals surface area contributed by atoms with E-state index in [1.165, 1.54) is 17.7 Å². The number of hydrogen-bond donors (Lipinski definition) is 4. The number of carboxylic acids is 3. The van der Waals surface area contributed by atoms with Gasteiger partial charge < -0.3 is 25.3 Å². The molecule has 0 unspecified atom stereocenters. The zero-order valence-electron chi connectivity index (χ0n) is 21.6. The Morgan fingerprint density at radius 3 is 2.05 bits per heavy atom. The fourth-order valence-electron chi connectivity index (χ4n) is 3.45. The van der Waals surface area contributed by atoms with Gasteiger partial charge in [0.2, 0.25) is 0 Å². The molecule has 0 saturated heterocycles. The third-order valence-corrected chi connectivity index (χ3v) is 5.41. The summed E-state index contributed by atoms with van der Waals surface area (Å²) in [5, 5.41) is 38.2. The van der Waals surface area contributed by atoms with Crippen molar-refractivity contribution in [2.75, 3.05) is 27.2 Å². The summed E-state index contributed by atoms with van der Waals surface area (Å²) in [5.41, 5.74) is 0.427. The minimum atomic E-state index is -2.74. The van der Waals surface area contributed by atoms with Crippen LogP contribution in [0.4, 0.5) is 4.39 Å². The van der Waals surface area contributed by atoms with Crippen molar-refractivity contribution in [1.29, 1.82) is 0 Å². The van der Waals surface area contributed by atoms with Crippen LogP contribution < -0.4 is 0 Å². The summed E-state index contributed by atoms with van der Waals surface area (Å²) in [6.07, 6.45) is 5.28. The average molecular weight is 546 g/mol. The van der Waals surface area contributed by atoms with E-state index in [2.05, 4.69) is 40.0 Å². The molecule has 0 spiro atoms. The number of hydrogen-bond acceptors (Lipinski definition) is 8. The number of aromatic nitrogens is 3. The van der Waals surface area contributed by atoms with Gasteiger partial charge in [0.15, 0.2) is 5.60 Å². The van der Waals surface area contributed by atoms with E-state index in [0.717, 1.165) is 37.4 Å². The Labute approximate surface area is 224 Å². The Bertz CT molecular complexity index is 1200. The number of likely N-dealkylation sites (N-methyl/N-ethyl adjacent to an activating group) is 1. The van der Waals surface area contributed by atoms with Gasteiger partial charge in [-0.15, -0.1) is 0 Å². The molecule has 210 valence electrons. The lowest BCUT2D eigenvalue weighted by Crippen LogP contribution is -2.42. The fraction of sp³-hybridized carbons (Fsp3) is 0.346. The zero-order valence-corrected chi connectivity index (χ0v) is 21.6. The number of nitrogens with zero attached hydrogens (tertiary/aromatic N) is 5. The summed E-state index contributed by atoms with van der Waals surface area (Å²) in [5.74, 6) is -5.26. The quantitative estimate of drug-likeness (QED) is 0.247. The highest BCUT2D eigenvalue weighted by Crippen LogP contribution is 2.16. The number of aliphatic hydroxyl groups is 1. The van der Waals surface area contributed by atoms with E-state index in [-0.39, 0.29) is 5.82 Å². The predicted molar refractivity (Wildman–Crippen MR) is 138 cm³/mol. The lowest BCUT2D eigenvalue weighted by Gasteiger charge is -2.23. The van der Waals surface area contributed by atoms with Gasteiger partial charge in [-0.2, -0.15) is 5.10 Å². The average Bonchev–Trinajstić information content (AvgIpc) is 3.31. The molecule has 39 heavy (non-hydrogen) atoms. The molecule has 13 heteroatoms. The summed E-state index contributed by atoms with van der Waals surface area (Å²) in [4.78, 5) is 39.2. The van der Waals surface area contributed by atoms with Crippen molar-refractivity contribution >= 4 is 17.9 Å². The van der Waals surface area contributed by atoms with Crippen molar-refractivity contribution in [2.24, 2.45) is 0 Å². The van der Waals surface area contributed by atoms with Gasteiger partial charge in [0.25, 0.3) is 0 Å². The van der Waals surface area contributed by atoms with Gasteiger partial charge in [-0.1, -0.05) is 6.07 Å². The Balaban J connectivity index is 0.000000349. The monoisotopic (exact) mass is 545 g/mol. The maximum absolute atomic E-state index is 13.1. The molecule has 0 aliphatic heterocycles. The van der Waals surface area contributed by atoms with Gasteiger partial charge in [0.1, 0.15) is 5.82 Å². The van der Waals surface area contributed by atoms with Crippen LogP contribution in [0, 0.1) is 5.82 Å². The molecule has 0 fully saturated rings. The maximum atomic E-state index is 13.1. The normalized spacial score (nSPS) is 11.2. The summed E-state index contributed by atoms with van der Waals surface area (Å²) < 4.78 is 14.9. The fourth-order valence-corrected chi connectivity index (χ4v) is 3.45. The summed E-state index contributed by atoms with van der Waals surface area (Å²) in [7, 11) is 4.16. The molecule has 0 saturated carbocycles. The first-order valence-corrected chi connectivity index (χ1v) is 11.8. The van der Waals surface area contributed by atoms with E-state index >= 15 is 0 Å². The molecule has 3 aromatic rings. The van der Waals surface area contributed by atoms with Crippen molar-refractivity contribution in [3.8, 4) is 5.69 Å². The second kappa shape index (κ2) is 14.7. The highest BCUT2D eigenvalue weighted by atomic mass is 19.1. The number of halogens is 1. The van der Waals surface area contributed by atoms with Crippen LogP contribution in [0.5, 0.6) is 0 Å². The molecule has 4 N–H and O–H groups in total. The lowest BCUT2D eigenvalue weighted by molar-refractivity contribution is -0.170. The minimum Gasteiger partial charge on any atom is -0.481 e. The van der Waals surface area contributed by atoms with Crippen molar-refractivity contribution in [2.45, 2.75) is 31.5 Å². The maximum Gasteiger partial charge on any atom is 0.336 e. The van der Waals surface area contributed by atoms with E-state index in [1.54, 1.807) is 23.0 Å². The molecule has 0 aliphatic rings. The number of benzene rings is 1. The first kappa shape index (κ1) is 31.0. The molecule has 0 radical (unpaired) electrons. The Kier molecular flexibility index (Phi) is 11.7. The minimum absolute atomic E-state index is 0.243. The van der Waals surface area contributed by atoms with Crippen LogP contribution in [0.2, 0.25) is 0 Å². The van der Waals surface area contributed by atoms with Crippen molar-refractivity contribution < 1.29 is 39.2 Å². The van der Waals surface area contributed by atoms with Crippen LogP contribution in [-0.4, -0.2) is 95.7 Å².